The second-order valence-electron chi connectivity index (χ2n) is 16.8. The van der Waals surface area contributed by atoms with Crippen molar-refractivity contribution in [1.29, 1.82) is 0 Å². The van der Waals surface area contributed by atoms with E-state index in [0.717, 1.165) is 102 Å². The lowest BCUT2D eigenvalue weighted by Crippen LogP contribution is -2.41. The predicted octanol–water partition coefficient (Wildman–Crippen LogP) is 13.5. The van der Waals surface area contributed by atoms with Crippen LogP contribution in [-0.4, -0.2) is 66.8 Å². The fraction of sp³-hybridized carbons (Fsp3) is 0.271. The molecule has 4 aromatic carbocycles. The number of aromatic nitrogens is 7. The Morgan fingerprint density at radius 2 is 1.04 bits per heavy atom. The van der Waals surface area contributed by atoms with Crippen LogP contribution in [0.15, 0.2) is 107 Å². The molecule has 0 amide bonds. The van der Waals surface area contributed by atoms with E-state index in [1.807, 2.05) is 87.6 Å². The van der Waals surface area contributed by atoms with E-state index in [1.54, 1.807) is 18.3 Å². The predicted molar refractivity (Wildman–Crippen MR) is 301 cm³/mol. The molecule has 1 fully saturated rings. The van der Waals surface area contributed by atoms with Gasteiger partial charge in [-0.25, -0.2) is 8.78 Å². The SMILES string of the molecule is Brc1cc(Br)c2cn[nH]c2c1.COc1c(F)cc(Br)cc1Br.Cc1noc(C)c1-c1cc(-c2c(C)noc2C)c2cn[nH]c2c1.Cc1noc(C)c1B1OC(C)(C)C(C)(C)O1.Fc1cc(Br)cc(Br)c1.NN.O. The minimum absolute atomic E-state index is 0. The molecular formula is C48H52BBr6F2N9O7. The fourth-order valence-corrected chi connectivity index (χ4v) is 11.1. The topological polar surface area (TPSA) is 247 Å². The average molecular weight is 1400 g/mol. The molecule has 10 rings (SSSR count). The van der Waals surface area contributed by atoms with Crippen molar-refractivity contribution in [2.24, 2.45) is 11.7 Å². The summed E-state index contributed by atoms with van der Waals surface area (Å²) in [5.41, 5.74) is 8.90. The smallest absolute Gasteiger partial charge is 0.492 e. The number of fused-ring (bicyclic) bond motifs is 2. The lowest BCUT2D eigenvalue weighted by molar-refractivity contribution is 0.00578. The number of nitrogens with one attached hydrogen (secondary N) is 2. The monoisotopic (exact) mass is 1390 g/mol. The zero-order valence-corrected chi connectivity index (χ0v) is 50.8. The molecule has 390 valence electrons. The number of hydrogen-bond acceptors (Lipinski definition) is 13. The van der Waals surface area contributed by atoms with Crippen LogP contribution >= 0.6 is 95.6 Å². The largest absolute Gasteiger partial charge is 0.500 e. The highest BCUT2D eigenvalue weighted by Crippen LogP contribution is 2.39. The van der Waals surface area contributed by atoms with Gasteiger partial charge in [-0.3, -0.25) is 21.9 Å². The zero-order valence-electron chi connectivity index (χ0n) is 41.3. The Kier molecular flexibility index (Phi) is 22.3. The third kappa shape index (κ3) is 15.0. The van der Waals surface area contributed by atoms with Crippen LogP contribution in [0, 0.1) is 53.2 Å². The summed E-state index contributed by atoms with van der Waals surface area (Å²) in [5.74, 6) is 9.96. The van der Waals surface area contributed by atoms with Crippen LogP contribution in [-0.2, 0) is 9.31 Å². The first-order valence-corrected chi connectivity index (χ1v) is 26.2. The number of nitrogens with two attached hydrogens (primary N) is 2. The fourth-order valence-electron chi connectivity index (χ4n) is 7.17. The Morgan fingerprint density at radius 1 is 0.575 bits per heavy atom. The van der Waals surface area contributed by atoms with Crippen molar-refractivity contribution >= 4 is 130 Å². The molecule has 0 atom stereocenters. The van der Waals surface area contributed by atoms with Crippen LogP contribution < -0.4 is 21.9 Å². The van der Waals surface area contributed by atoms with E-state index in [1.165, 1.54) is 25.3 Å². The van der Waals surface area contributed by atoms with Crippen molar-refractivity contribution < 1.29 is 41.9 Å². The Labute approximate surface area is 470 Å². The molecule has 25 heteroatoms. The molecule has 0 radical (unpaired) electrons. The molecule has 1 aliphatic heterocycles. The maximum atomic E-state index is 12.9. The van der Waals surface area contributed by atoms with Gasteiger partial charge in [-0.2, -0.15) is 10.2 Å². The first kappa shape index (κ1) is 61.4. The average Bonchev–Trinajstić information content (AvgIpc) is 4.16. The molecule has 1 saturated heterocycles. The zero-order chi connectivity index (χ0) is 53.4. The number of ether oxygens (including phenoxy) is 1. The van der Waals surface area contributed by atoms with Crippen molar-refractivity contribution in [2.45, 2.75) is 80.4 Å². The number of hydrogen-bond donors (Lipinski definition) is 4. The highest BCUT2D eigenvalue weighted by Gasteiger charge is 2.53. The molecular weight excluding hydrogens is 1340 g/mol. The van der Waals surface area contributed by atoms with Crippen molar-refractivity contribution in [3.63, 3.8) is 0 Å². The van der Waals surface area contributed by atoms with Gasteiger partial charge >= 0.3 is 7.12 Å². The molecule has 0 bridgehead atoms. The summed E-state index contributed by atoms with van der Waals surface area (Å²) in [6.45, 7) is 19.6. The minimum atomic E-state index is -0.381. The lowest BCUT2D eigenvalue weighted by Gasteiger charge is -2.32. The Hall–Kier alpha value is -4.15. The molecule has 0 saturated carbocycles. The van der Waals surface area contributed by atoms with E-state index >= 15 is 0 Å². The highest BCUT2D eigenvalue weighted by molar-refractivity contribution is 9.11. The van der Waals surface area contributed by atoms with Crippen LogP contribution in [0.1, 0.15) is 62.1 Å². The van der Waals surface area contributed by atoms with Gasteiger partial charge in [0.2, 0.25) is 0 Å². The van der Waals surface area contributed by atoms with Crippen LogP contribution in [0.3, 0.4) is 0 Å². The quantitative estimate of drug-likeness (QED) is 0.0728. The number of halogens is 8. The molecule has 1 aliphatic rings. The number of rotatable bonds is 4. The number of aromatic amines is 2. The number of aryl methyl sites for hydroxylation is 6. The molecule has 0 aliphatic carbocycles. The van der Waals surface area contributed by atoms with E-state index in [2.05, 4.69) is 155 Å². The van der Waals surface area contributed by atoms with Gasteiger partial charge in [0.1, 0.15) is 23.1 Å². The number of hydrazine groups is 1. The van der Waals surface area contributed by atoms with E-state index in [0.29, 0.717) is 8.95 Å². The van der Waals surface area contributed by atoms with Gasteiger partial charge in [0.05, 0.1) is 63.3 Å². The standard InChI is InChI=1S/C17H16N4O2.C11H18BNO3.C7H5Br2FO.C7H4Br2N2.C6H3Br2F.H4N2.H2O/c1-8-16(10(3)22-20-8)12-5-13(14-7-18-19-15(14)6-12)17-9(2)21-23-11(17)4;1-7-9(8(2)14-13-7)12-15-10(3,4)11(5,6)16-12;1-11-7-5(9)2-4(8)3-6(7)10;8-4-1-6(9)5-3-10-11-7(5)2-4;7-4-1-5(8)3-6(9)2-4;1-2;/h5-7H,1-4H3,(H,18,19);1-6H3;2-3H,1H3;1-3H,(H,10,11);1-3H;1-2H2;1H2. The summed E-state index contributed by atoms with van der Waals surface area (Å²) in [5, 5.41) is 28.2. The van der Waals surface area contributed by atoms with Crippen molar-refractivity contribution in [2.75, 3.05) is 7.11 Å². The van der Waals surface area contributed by atoms with Gasteiger partial charge in [0.25, 0.3) is 0 Å². The number of benzene rings is 4. The van der Waals surface area contributed by atoms with E-state index in [4.69, 9.17) is 27.6 Å². The van der Waals surface area contributed by atoms with Crippen LogP contribution in [0.25, 0.3) is 44.1 Å². The Bertz CT molecular complexity index is 3140. The summed E-state index contributed by atoms with van der Waals surface area (Å²) in [6.07, 6.45) is 3.62. The molecule has 8 N–H and O–H groups in total. The normalized spacial score (nSPS) is 13.0. The first-order chi connectivity index (χ1) is 33.9. The Balaban J connectivity index is 0.000000204. The van der Waals surface area contributed by atoms with Gasteiger partial charge in [0, 0.05) is 49.7 Å². The lowest BCUT2D eigenvalue weighted by atomic mass is 9.77. The van der Waals surface area contributed by atoms with Crippen molar-refractivity contribution in [1.82, 2.24) is 35.9 Å². The maximum Gasteiger partial charge on any atom is 0.500 e. The third-order valence-electron chi connectivity index (χ3n) is 11.2. The highest BCUT2D eigenvalue weighted by atomic mass is 79.9. The third-order valence-corrected chi connectivity index (χ3v) is 14.3. The molecule has 5 aromatic heterocycles. The molecule has 6 heterocycles. The first-order valence-electron chi connectivity index (χ1n) is 21.4. The van der Waals surface area contributed by atoms with E-state index < -0.39 is 0 Å². The van der Waals surface area contributed by atoms with Crippen LogP contribution in [0.5, 0.6) is 5.75 Å². The summed E-state index contributed by atoms with van der Waals surface area (Å²) in [6, 6.07) is 15.8. The van der Waals surface area contributed by atoms with Gasteiger partial charge in [-0.05, 0) is 167 Å². The molecule has 0 unspecified atom stereocenters. The van der Waals surface area contributed by atoms with Gasteiger partial charge in [-0.1, -0.05) is 79.2 Å². The van der Waals surface area contributed by atoms with Gasteiger partial charge in [0.15, 0.2) is 11.6 Å². The summed E-state index contributed by atoms with van der Waals surface area (Å²) in [7, 11) is 1.05. The van der Waals surface area contributed by atoms with E-state index in [-0.39, 0.29) is 41.2 Å². The molecule has 16 nitrogen and oxygen atoms in total. The second kappa shape index (κ2) is 26.6. The second-order valence-corrected chi connectivity index (χ2v) is 22.2. The molecule has 9 aromatic rings. The molecule has 73 heavy (non-hydrogen) atoms. The summed E-state index contributed by atoms with van der Waals surface area (Å²) < 4.78 is 62.6. The minimum Gasteiger partial charge on any atom is -0.492 e. The van der Waals surface area contributed by atoms with Gasteiger partial charge in [-0.15, -0.1) is 0 Å². The van der Waals surface area contributed by atoms with Crippen LogP contribution in [0.2, 0.25) is 0 Å². The van der Waals surface area contributed by atoms with Gasteiger partial charge < -0.3 is 33.1 Å². The Morgan fingerprint density at radius 3 is 1.52 bits per heavy atom. The van der Waals surface area contributed by atoms with Crippen molar-refractivity contribution in [3.8, 4) is 28.0 Å². The van der Waals surface area contributed by atoms with E-state index in [9.17, 15) is 8.78 Å². The van der Waals surface area contributed by atoms with Crippen LogP contribution in [0.4, 0.5) is 8.78 Å². The summed E-state index contributed by atoms with van der Waals surface area (Å²) >= 11 is 19.4. The number of nitrogens with zero attached hydrogens (tertiary/aromatic N) is 5. The maximum absolute atomic E-state index is 12.9. The summed E-state index contributed by atoms with van der Waals surface area (Å²) in [4.78, 5) is 0. The van der Waals surface area contributed by atoms with Crippen molar-refractivity contribution in [3.05, 3.63) is 140 Å². The number of methoxy groups -OCH3 is 1. The molecule has 0 spiro atoms. The number of H-pyrrole nitrogens is 2.